The molecule has 0 bridgehead atoms. The lowest BCUT2D eigenvalue weighted by Gasteiger charge is -2.19. The van der Waals surface area contributed by atoms with Crippen LogP contribution >= 0.6 is 11.3 Å². The van der Waals surface area contributed by atoms with Crippen molar-refractivity contribution in [1.29, 1.82) is 0 Å². The molecule has 1 aromatic rings. The number of urea groups is 1. The Bertz CT molecular complexity index is 366. The maximum Gasteiger partial charge on any atom is 0.315 e. The number of aliphatic hydroxyl groups excluding tert-OH is 1. The molecule has 0 saturated carbocycles. The Kier molecular flexibility index (Phi) is 6.87. The minimum absolute atomic E-state index is 0.0221. The number of thiophene rings is 1. The van der Waals surface area contributed by atoms with Gasteiger partial charge in [0.05, 0.1) is 12.6 Å². The zero-order valence-corrected chi connectivity index (χ0v) is 12.7. The molecular weight excluding hydrogens is 260 g/mol. The molecule has 4 nitrogen and oxygen atoms in total. The molecule has 1 aromatic heterocycles. The number of hydrogen-bond acceptors (Lipinski definition) is 3. The normalized spacial score (nSPS) is 14.2. The van der Waals surface area contributed by atoms with Crippen LogP contribution in [0.2, 0.25) is 0 Å². The summed E-state index contributed by atoms with van der Waals surface area (Å²) in [5.41, 5.74) is 1.24. The van der Waals surface area contributed by atoms with E-state index in [4.69, 9.17) is 0 Å². The molecule has 1 heterocycles. The van der Waals surface area contributed by atoms with Crippen molar-refractivity contribution in [2.45, 2.75) is 39.2 Å². The number of carbonyl (C=O) groups excluding carboxylic acids is 1. The van der Waals surface area contributed by atoms with Gasteiger partial charge in [0.2, 0.25) is 0 Å². The Balaban J connectivity index is 2.30. The Morgan fingerprint density at radius 1 is 1.42 bits per heavy atom. The average Bonchev–Trinajstić information content (AvgIpc) is 2.88. The summed E-state index contributed by atoms with van der Waals surface area (Å²) in [5.74, 6) is 0.747. The lowest BCUT2D eigenvalue weighted by atomic mass is 10.0. The molecule has 0 aliphatic carbocycles. The van der Waals surface area contributed by atoms with Gasteiger partial charge in [-0.25, -0.2) is 4.79 Å². The highest BCUT2D eigenvalue weighted by molar-refractivity contribution is 7.07. The van der Waals surface area contributed by atoms with Crippen LogP contribution in [0.15, 0.2) is 16.8 Å². The Morgan fingerprint density at radius 2 is 2.16 bits per heavy atom. The summed E-state index contributed by atoms with van der Waals surface area (Å²) in [6.45, 7) is 6.80. The summed E-state index contributed by atoms with van der Waals surface area (Å²) in [4.78, 5) is 11.7. The van der Waals surface area contributed by atoms with Crippen LogP contribution in [0.5, 0.6) is 0 Å². The van der Waals surface area contributed by atoms with E-state index in [9.17, 15) is 9.90 Å². The number of nitrogens with one attached hydrogen (secondary N) is 2. The lowest BCUT2D eigenvalue weighted by Crippen LogP contribution is -2.45. The van der Waals surface area contributed by atoms with E-state index in [1.165, 1.54) is 5.56 Å². The highest BCUT2D eigenvalue weighted by Crippen LogP contribution is 2.16. The van der Waals surface area contributed by atoms with Crippen molar-refractivity contribution in [2.75, 3.05) is 13.2 Å². The van der Waals surface area contributed by atoms with Crippen LogP contribution in [-0.4, -0.2) is 30.3 Å². The molecule has 2 atom stereocenters. The first kappa shape index (κ1) is 16.0. The predicted octanol–water partition coefficient (Wildman–Crippen LogP) is 2.56. The van der Waals surface area contributed by atoms with E-state index < -0.39 is 0 Å². The molecule has 1 rings (SSSR count). The lowest BCUT2D eigenvalue weighted by molar-refractivity contribution is 0.206. The number of rotatable bonds is 7. The van der Waals surface area contributed by atoms with Gasteiger partial charge in [-0.15, -0.1) is 0 Å². The largest absolute Gasteiger partial charge is 0.394 e. The van der Waals surface area contributed by atoms with E-state index >= 15 is 0 Å². The molecule has 0 saturated heterocycles. The molecule has 5 heteroatoms. The number of aliphatic hydroxyl groups is 1. The standard InChI is InChI=1S/C14H24N2O2S/c1-10(2)6-13(8-17)16-14(18)15-7-11(3)12-4-5-19-9-12/h4-5,9-11,13,17H,6-8H2,1-3H3,(H2,15,16,18). The van der Waals surface area contributed by atoms with Crippen molar-refractivity contribution in [3.8, 4) is 0 Å². The van der Waals surface area contributed by atoms with Gasteiger partial charge in [-0.3, -0.25) is 0 Å². The van der Waals surface area contributed by atoms with Crippen molar-refractivity contribution < 1.29 is 9.90 Å². The van der Waals surface area contributed by atoms with Gasteiger partial charge < -0.3 is 15.7 Å². The van der Waals surface area contributed by atoms with Crippen LogP contribution in [0.1, 0.15) is 38.7 Å². The number of amides is 2. The third-order valence-electron chi connectivity index (χ3n) is 2.99. The molecule has 3 N–H and O–H groups in total. The van der Waals surface area contributed by atoms with E-state index in [0.29, 0.717) is 18.4 Å². The van der Waals surface area contributed by atoms with Crippen molar-refractivity contribution in [3.05, 3.63) is 22.4 Å². The van der Waals surface area contributed by atoms with Crippen LogP contribution in [-0.2, 0) is 0 Å². The zero-order valence-electron chi connectivity index (χ0n) is 11.8. The topological polar surface area (TPSA) is 61.4 Å². The Labute approximate surface area is 119 Å². The van der Waals surface area contributed by atoms with Crippen LogP contribution in [0.3, 0.4) is 0 Å². The Hall–Kier alpha value is -1.07. The third-order valence-corrected chi connectivity index (χ3v) is 3.69. The van der Waals surface area contributed by atoms with Gasteiger partial charge in [0.25, 0.3) is 0 Å². The molecule has 108 valence electrons. The van der Waals surface area contributed by atoms with Gasteiger partial charge >= 0.3 is 6.03 Å². The average molecular weight is 284 g/mol. The fourth-order valence-corrected chi connectivity index (χ4v) is 2.69. The third kappa shape index (κ3) is 6.07. The van der Waals surface area contributed by atoms with E-state index in [0.717, 1.165) is 6.42 Å². The monoisotopic (exact) mass is 284 g/mol. The van der Waals surface area contributed by atoms with E-state index in [2.05, 4.69) is 42.9 Å². The fourth-order valence-electron chi connectivity index (χ4n) is 1.90. The molecular formula is C14H24N2O2S. The van der Waals surface area contributed by atoms with Gasteiger partial charge in [-0.2, -0.15) is 11.3 Å². The molecule has 0 aromatic carbocycles. The highest BCUT2D eigenvalue weighted by atomic mass is 32.1. The van der Waals surface area contributed by atoms with E-state index in [-0.39, 0.29) is 18.7 Å². The molecule has 2 amide bonds. The minimum atomic E-state index is -0.207. The van der Waals surface area contributed by atoms with Crippen molar-refractivity contribution in [1.82, 2.24) is 10.6 Å². The van der Waals surface area contributed by atoms with Crippen molar-refractivity contribution >= 4 is 17.4 Å². The van der Waals surface area contributed by atoms with Crippen molar-refractivity contribution in [3.63, 3.8) is 0 Å². The maximum atomic E-state index is 11.7. The number of hydrogen-bond donors (Lipinski definition) is 3. The summed E-state index contributed by atoms with van der Waals surface area (Å²) in [7, 11) is 0. The van der Waals surface area contributed by atoms with Gasteiger partial charge in [-0.1, -0.05) is 20.8 Å². The summed E-state index contributed by atoms with van der Waals surface area (Å²) < 4.78 is 0. The van der Waals surface area contributed by atoms with Crippen LogP contribution in [0.25, 0.3) is 0 Å². The van der Waals surface area contributed by atoms with Gasteiger partial charge in [0.15, 0.2) is 0 Å². The molecule has 0 aliphatic heterocycles. The van der Waals surface area contributed by atoms with E-state index in [1.807, 2.05) is 5.38 Å². The minimum Gasteiger partial charge on any atom is -0.394 e. The second-order valence-electron chi connectivity index (χ2n) is 5.32. The van der Waals surface area contributed by atoms with Crippen LogP contribution < -0.4 is 10.6 Å². The smallest absolute Gasteiger partial charge is 0.315 e. The highest BCUT2D eigenvalue weighted by Gasteiger charge is 2.13. The van der Waals surface area contributed by atoms with Gasteiger partial charge in [-0.05, 0) is 40.6 Å². The predicted molar refractivity (Wildman–Crippen MR) is 79.6 cm³/mol. The molecule has 0 radical (unpaired) electrons. The Morgan fingerprint density at radius 3 is 2.68 bits per heavy atom. The quantitative estimate of drug-likeness (QED) is 0.720. The fraction of sp³-hybridized carbons (Fsp3) is 0.643. The van der Waals surface area contributed by atoms with Crippen LogP contribution in [0.4, 0.5) is 4.79 Å². The molecule has 0 spiro atoms. The van der Waals surface area contributed by atoms with E-state index in [1.54, 1.807) is 11.3 Å². The van der Waals surface area contributed by atoms with Gasteiger partial charge in [0, 0.05) is 6.54 Å². The SMILES string of the molecule is CC(C)CC(CO)NC(=O)NCC(C)c1ccsc1. The number of carbonyl (C=O) groups is 1. The summed E-state index contributed by atoms with van der Waals surface area (Å²) >= 11 is 1.66. The first-order chi connectivity index (χ1) is 9.02. The van der Waals surface area contributed by atoms with Crippen LogP contribution in [0, 0.1) is 5.92 Å². The summed E-state index contributed by atoms with van der Waals surface area (Å²) in [6.07, 6.45) is 0.782. The molecule has 0 fully saturated rings. The summed E-state index contributed by atoms with van der Waals surface area (Å²) in [6, 6.07) is 1.70. The zero-order chi connectivity index (χ0) is 14.3. The summed E-state index contributed by atoms with van der Waals surface area (Å²) in [5, 5.41) is 19.0. The van der Waals surface area contributed by atoms with Gasteiger partial charge in [0.1, 0.15) is 0 Å². The molecule has 2 unspecified atom stereocenters. The first-order valence-corrected chi connectivity index (χ1v) is 7.64. The van der Waals surface area contributed by atoms with Crippen molar-refractivity contribution in [2.24, 2.45) is 5.92 Å². The second-order valence-corrected chi connectivity index (χ2v) is 6.10. The molecule has 0 aliphatic rings. The maximum absolute atomic E-state index is 11.7. The first-order valence-electron chi connectivity index (χ1n) is 6.70. The second kappa shape index (κ2) is 8.17. The molecule has 19 heavy (non-hydrogen) atoms.